The fraction of sp³-hybridized carbons (Fsp3) is 0.261. The van der Waals surface area contributed by atoms with Crippen molar-refractivity contribution in [3.63, 3.8) is 0 Å². The highest BCUT2D eigenvalue weighted by Gasteiger charge is 2.23. The number of methoxy groups -OCH3 is 1. The molecule has 4 aromatic rings. The van der Waals surface area contributed by atoms with Crippen LogP contribution in [0.25, 0.3) is 10.9 Å². The van der Waals surface area contributed by atoms with Gasteiger partial charge in [0.25, 0.3) is 11.5 Å². The second-order valence-corrected chi connectivity index (χ2v) is 8.28. The van der Waals surface area contributed by atoms with Crippen LogP contribution < -0.4 is 15.6 Å². The highest BCUT2D eigenvalue weighted by atomic mass is 32.2. The number of carbonyl (C=O) groups excluding carboxylic acids is 1. The Bertz CT molecular complexity index is 1350. The number of amides is 1. The molecule has 0 spiro atoms. The number of aromatic amines is 1. The molecular weight excluding hydrogens is 456 g/mol. The number of nitrogens with zero attached hydrogens (tertiary/aromatic N) is 4. The van der Waals surface area contributed by atoms with Crippen molar-refractivity contribution < 1.29 is 14.6 Å². The maximum atomic E-state index is 12.7. The second kappa shape index (κ2) is 10.5. The smallest absolute Gasteiger partial charge is 0.258 e. The molecule has 0 aliphatic rings. The molecule has 4 rings (SSSR count). The maximum absolute atomic E-state index is 12.7. The monoisotopic (exact) mass is 480 g/mol. The molecule has 0 aliphatic heterocycles. The van der Waals surface area contributed by atoms with Crippen LogP contribution in [0.1, 0.15) is 35.0 Å². The average molecular weight is 481 g/mol. The summed E-state index contributed by atoms with van der Waals surface area (Å²) in [6.45, 7) is 2.11. The number of aromatic nitrogens is 5. The third-order valence-corrected chi connectivity index (χ3v) is 6.19. The number of rotatable bonds is 9. The molecule has 0 radical (unpaired) electrons. The zero-order chi connectivity index (χ0) is 24.1. The van der Waals surface area contributed by atoms with Crippen molar-refractivity contribution in [3.8, 4) is 5.75 Å². The van der Waals surface area contributed by atoms with E-state index < -0.39 is 6.04 Å². The van der Waals surface area contributed by atoms with E-state index in [0.717, 1.165) is 0 Å². The molecule has 176 valence electrons. The quantitative estimate of drug-likeness (QED) is 0.311. The Labute approximate surface area is 199 Å². The molecule has 2 heterocycles. The number of ether oxygens (including phenoxy) is 1. The van der Waals surface area contributed by atoms with Crippen LogP contribution in [0.2, 0.25) is 0 Å². The van der Waals surface area contributed by atoms with Crippen molar-refractivity contribution in [2.24, 2.45) is 0 Å². The minimum Gasteiger partial charge on any atom is -0.497 e. The third kappa shape index (κ3) is 4.95. The molecule has 2 aromatic carbocycles. The van der Waals surface area contributed by atoms with Crippen molar-refractivity contribution in [3.05, 3.63) is 76.1 Å². The molecule has 0 bridgehead atoms. The van der Waals surface area contributed by atoms with E-state index in [1.54, 1.807) is 49.6 Å². The van der Waals surface area contributed by atoms with Gasteiger partial charge in [-0.05, 0) is 43.3 Å². The highest BCUT2D eigenvalue weighted by Crippen LogP contribution is 2.23. The lowest BCUT2D eigenvalue weighted by Crippen LogP contribution is -2.32. The SMILES string of the molecule is CCn1c(SCc2nc3ccccc3c(=O)[nH]2)nnc1[C@@H](CO)NC(=O)c1ccc(OC)cc1. The van der Waals surface area contributed by atoms with Crippen LogP contribution in [-0.2, 0) is 12.3 Å². The van der Waals surface area contributed by atoms with E-state index in [0.29, 0.717) is 51.3 Å². The first kappa shape index (κ1) is 23.5. The van der Waals surface area contributed by atoms with Crippen molar-refractivity contribution in [1.82, 2.24) is 30.0 Å². The third-order valence-electron chi connectivity index (χ3n) is 5.21. The lowest BCUT2D eigenvalue weighted by molar-refractivity contribution is 0.0911. The lowest BCUT2D eigenvalue weighted by Gasteiger charge is -2.17. The fourth-order valence-corrected chi connectivity index (χ4v) is 4.35. The number of hydrogen-bond donors (Lipinski definition) is 3. The summed E-state index contributed by atoms with van der Waals surface area (Å²) >= 11 is 1.36. The normalized spacial score (nSPS) is 12.0. The zero-order valence-electron chi connectivity index (χ0n) is 18.7. The highest BCUT2D eigenvalue weighted by molar-refractivity contribution is 7.98. The van der Waals surface area contributed by atoms with Crippen molar-refractivity contribution in [2.75, 3.05) is 13.7 Å². The van der Waals surface area contributed by atoms with E-state index in [1.807, 2.05) is 17.6 Å². The first-order valence-corrected chi connectivity index (χ1v) is 11.6. The van der Waals surface area contributed by atoms with Crippen LogP contribution in [0.3, 0.4) is 0 Å². The van der Waals surface area contributed by atoms with Gasteiger partial charge in [-0.25, -0.2) is 4.98 Å². The number of hydrogen-bond acceptors (Lipinski definition) is 8. The first-order chi connectivity index (χ1) is 16.5. The molecule has 3 N–H and O–H groups in total. The van der Waals surface area contributed by atoms with E-state index in [1.165, 1.54) is 11.8 Å². The molecular formula is C23H24N6O4S. The van der Waals surface area contributed by atoms with Crippen LogP contribution in [-0.4, -0.2) is 49.5 Å². The molecule has 0 fully saturated rings. The number of H-pyrrole nitrogens is 1. The van der Waals surface area contributed by atoms with E-state index in [-0.39, 0.29) is 18.1 Å². The number of carbonyl (C=O) groups is 1. The molecule has 2 aromatic heterocycles. The topological polar surface area (TPSA) is 135 Å². The van der Waals surface area contributed by atoms with Gasteiger partial charge in [0, 0.05) is 12.1 Å². The average Bonchev–Trinajstić information content (AvgIpc) is 3.28. The summed E-state index contributed by atoms with van der Waals surface area (Å²) in [5.74, 6) is 1.63. The zero-order valence-corrected chi connectivity index (χ0v) is 19.5. The minimum absolute atomic E-state index is 0.194. The van der Waals surface area contributed by atoms with Crippen LogP contribution >= 0.6 is 11.8 Å². The largest absolute Gasteiger partial charge is 0.497 e. The van der Waals surface area contributed by atoms with Crippen LogP contribution in [0.5, 0.6) is 5.75 Å². The molecule has 0 saturated carbocycles. The summed E-state index contributed by atoms with van der Waals surface area (Å²) in [6, 6.07) is 13.1. The first-order valence-electron chi connectivity index (χ1n) is 10.6. The van der Waals surface area contributed by atoms with Crippen LogP contribution in [0, 0.1) is 0 Å². The number of aliphatic hydroxyl groups is 1. The summed E-state index contributed by atoms with van der Waals surface area (Å²) in [7, 11) is 1.55. The predicted octanol–water partition coefficient (Wildman–Crippen LogP) is 2.30. The molecule has 10 nitrogen and oxygen atoms in total. The molecule has 11 heteroatoms. The second-order valence-electron chi connectivity index (χ2n) is 7.34. The Morgan fingerprint density at radius 1 is 1.21 bits per heavy atom. The Balaban J connectivity index is 1.50. The molecule has 34 heavy (non-hydrogen) atoms. The number of fused-ring (bicyclic) bond motifs is 1. The number of aliphatic hydroxyl groups excluding tert-OH is 1. The standard InChI is InChI=1S/C23H24N6O4S/c1-3-29-20(18(12-30)25-21(31)14-8-10-15(33-2)11-9-14)27-28-23(29)34-13-19-24-17-7-5-4-6-16(17)22(32)26-19/h4-11,18,30H,3,12-13H2,1-2H3,(H,25,31)(H,24,26,32)/t18-/m1/s1. The predicted molar refractivity (Wildman–Crippen MR) is 128 cm³/mol. The summed E-state index contributed by atoms with van der Waals surface area (Å²) in [5.41, 5.74) is 0.865. The van der Waals surface area contributed by atoms with Crippen molar-refractivity contribution >= 4 is 28.6 Å². The summed E-state index contributed by atoms with van der Waals surface area (Å²) in [6.07, 6.45) is 0. The Morgan fingerprint density at radius 3 is 2.68 bits per heavy atom. The Hall–Kier alpha value is -3.70. The number of nitrogens with one attached hydrogen (secondary N) is 2. The van der Waals surface area contributed by atoms with E-state index >= 15 is 0 Å². The number of para-hydroxylation sites is 1. The van der Waals surface area contributed by atoms with E-state index in [4.69, 9.17) is 4.74 Å². The van der Waals surface area contributed by atoms with Gasteiger partial charge >= 0.3 is 0 Å². The minimum atomic E-state index is -0.741. The summed E-state index contributed by atoms with van der Waals surface area (Å²) < 4.78 is 6.93. The fourth-order valence-electron chi connectivity index (χ4n) is 3.47. The Kier molecular flexibility index (Phi) is 7.24. The maximum Gasteiger partial charge on any atom is 0.258 e. The molecule has 1 amide bonds. The van der Waals surface area contributed by atoms with Gasteiger partial charge in [-0.1, -0.05) is 23.9 Å². The van der Waals surface area contributed by atoms with E-state index in [2.05, 4.69) is 25.5 Å². The Morgan fingerprint density at radius 2 is 1.97 bits per heavy atom. The molecule has 0 unspecified atom stereocenters. The van der Waals surface area contributed by atoms with Gasteiger partial charge in [-0.15, -0.1) is 10.2 Å². The van der Waals surface area contributed by atoms with Crippen molar-refractivity contribution in [2.45, 2.75) is 30.4 Å². The molecule has 1 atom stereocenters. The van der Waals surface area contributed by atoms with Gasteiger partial charge in [0.05, 0.1) is 30.4 Å². The van der Waals surface area contributed by atoms with Gasteiger partial charge in [0.2, 0.25) is 0 Å². The summed E-state index contributed by atoms with van der Waals surface area (Å²) in [5, 5.41) is 22.3. The molecule has 0 aliphatic carbocycles. The van der Waals surface area contributed by atoms with Gasteiger partial charge in [-0.2, -0.15) is 0 Å². The summed E-state index contributed by atoms with van der Waals surface area (Å²) in [4.78, 5) is 32.3. The van der Waals surface area contributed by atoms with E-state index in [9.17, 15) is 14.7 Å². The lowest BCUT2D eigenvalue weighted by atomic mass is 10.2. The van der Waals surface area contributed by atoms with Crippen molar-refractivity contribution in [1.29, 1.82) is 0 Å². The van der Waals surface area contributed by atoms with Gasteiger partial charge in [-0.3, -0.25) is 9.59 Å². The van der Waals surface area contributed by atoms with Gasteiger partial charge < -0.3 is 24.7 Å². The number of thioether (sulfide) groups is 1. The van der Waals surface area contributed by atoms with Crippen LogP contribution in [0.4, 0.5) is 0 Å². The number of benzene rings is 2. The van der Waals surface area contributed by atoms with Crippen LogP contribution in [0.15, 0.2) is 58.5 Å². The van der Waals surface area contributed by atoms with Gasteiger partial charge in [0.1, 0.15) is 17.6 Å². The molecule has 0 saturated heterocycles. The van der Waals surface area contributed by atoms with Gasteiger partial charge in [0.15, 0.2) is 11.0 Å².